The Balaban J connectivity index is 0.000000559. The Kier molecular flexibility index (Phi) is 9.65. The molecule has 8 nitrogen and oxygen atoms in total. The first-order chi connectivity index (χ1) is 18.8. The van der Waals surface area contributed by atoms with E-state index in [2.05, 4.69) is 22.0 Å². The molecule has 1 aliphatic rings. The van der Waals surface area contributed by atoms with Gasteiger partial charge in [0.05, 0.1) is 11.3 Å². The highest BCUT2D eigenvalue weighted by Gasteiger charge is 2.38. The van der Waals surface area contributed by atoms with Crippen LogP contribution in [-0.2, 0) is 4.79 Å². The number of aromatic carboxylic acids is 1. The van der Waals surface area contributed by atoms with Gasteiger partial charge in [0.15, 0.2) is 0 Å². The Bertz CT molecular complexity index is 1410. The van der Waals surface area contributed by atoms with Crippen molar-refractivity contribution < 1.29 is 37.8 Å². The quantitative estimate of drug-likeness (QED) is 0.348. The summed E-state index contributed by atoms with van der Waals surface area (Å²) in [6, 6.07) is 18.2. The maximum atomic E-state index is 12.6. The number of anilines is 3. The first kappa shape index (κ1) is 30.3. The number of carboxylic acids is 2. The predicted molar refractivity (Wildman–Crippen MR) is 147 cm³/mol. The monoisotopic (exact) mass is 577 g/mol. The van der Waals surface area contributed by atoms with Crippen molar-refractivity contribution in [2.75, 3.05) is 41.3 Å². The smallest absolute Gasteiger partial charge is 0.478 e. The van der Waals surface area contributed by atoms with Gasteiger partial charge in [-0.05, 0) is 61.9 Å². The van der Waals surface area contributed by atoms with Gasteiger partial charge < -0.3 is 25.3 Å². The molecular formula is C28H27ClF3N3O5. The summed E-state index contributed by atoms with van der Waals surface area (Å²) in [7, 11) is 0. The molecule has 40 heavy (non-hydrogen) atoms. The summed E-state index contributed by atoms with van der Waals surface area (Å²) in [5.74, 6) is -4.05. The van der Waals surface area contributed by atoms with Crippen LogP contribution in [0.1, 0.15) is 31.8 Å². The van der Waals surface area contributed by atoms with E-state index < -0.39 is 18.1 Å². The second-order valence-corrected chi connectivity index (χ2v) is 9.50. The van der Waals surface area contributed by atoms with E-state index in [-0.39, 0.29) is 11.5 Å². The highest BCUT2D eigenvalue weighted by atomic mass is 35.5. The first-order valence-corrected chi connectivity index (χ1v) is 12.5. The molecule has 1 amide bonds. The Morgan fingerprint density at radius 1 is 0.850 bits per heavy atom. The number of amides is 1. The van der Waals surface area contributed by atoms with E-state index in [0.717, 1.165) is 29.9 Å². The van der Waals surface area contributed by atoms with Gasteiger partial charge >= 0.3 is 18.1 Å². The second-order valence-electron chi connectivity index (χ2n) is 9.07. The molecule has 1 fully saturated rings. The topological polar surface area (TPSA) is 110 Å². The number of carbonyl (C=O) groups excluding carboxylic acids is 1. The lowest BCUT2D eigenvalue weighted by molar-refractivity contribution is -0.192. The minimum Gasteiger partial charge on any atom is -0.478 e. The van der Waals surface area contributed by atoms with Crippen molar-refractivity contribution in [1.82, 2.24) is 0 Å². The highest BCUT2D eigenvalue weighted by Crippen LogP contribution is 2.29. The Hall–Kier alpha value is -4.25. The van der Waals surface area contributed by atoms with Gasteiger partial charge in [-0.25, -0.2) is 9.59 Å². The van der Waals surface area contributed by atoms with Crippen molar-refractivity contribution in [1.29, 1.82) is 0 Å². The van der Waals surface area contributed by atoms with Crippen LogP contribution in [0.25, 0.3) is 0 Å². The Labute approximate surface area is 233 Å². The number of rotatable bonds is 5. The molecule has 4 rings (SSSR count). The van der Waals surface area contributed by atoms with Gasteiger partial charge in [-0.3, -0.25) is 4.79 Å². The van der Waals surface area contributed by atoms with Crippen LogP contribution in [0.3, 0.4) is 0 Å². The van der Waals surface area contributed by atoms with E-state index in [0.29, 0.717) is 35.1 Å². The fourth-order valence-corrected chi connectivity index (χ4v) is 4.33. The molecule has 3 aromatic rings. The standard InChI is InChI=1S/C26H26ClN3O3.C2HF3O2/c1-17-4-3-5-19(14-17)25(31)28-21-8-9-23(22(16-21)26(32)33)29-10-12-30(13-11-29)24-15-20(27)7-6-18(24)2;3-2(4,5)1(6)7/h3-9,14-16H,10-13H2,1-2H3,(H,28,31)(H,32,33);(H,6,7). The van der Waals surface area contributed by atoms with E-state index in [4.69, 9.17) is 21.5 Å². The summed E-state index contributed by atoms with van der Waals surface area (Å²) in [4.78, 5) is 37.8. The van der Waals surface area contributed by atoms with Gasteiger partial charge in [-0.2, -0.15) is 13.2 Å². The van der Waals surface area contributed by atoms with Gasteiger partial charge in [0.1, 0.15) is 0 Å². The summed E-state index contributed by atoms with van der Waals surface area (Å²) < 4.78 is 31.7. The molecule has 0 spiro atoms. The molecule has 1 heterocycles. The summed E-state index contributed by atoms with van der Waals surface area (Å²) in [5, 5.41) is 20.5. The van der Waals surface area contributed by atoms with E-state index in [1.54, 1.807) is 24.3 Å². The molecule has 3 aromatic carbocycles. The second kappa shape index (κ2) is 12.7. The van der Waals surface area contributed by atoms with Crippen LogP contribution in [0.4, 0.5) is 30.2 Å². The number of hydrogen-bond donors (Lipinski definition) is 3. The SMILES string of the molecule is Cc1cccc(C(=O)Nc2ccc(N3CCN(c4cc(Cl)ccc4C)CC3)c(C(=O)O)c2)c1.O=C(O)C(F)(F)F. The molecule has 212 valence electrons. The molecule has 12 heteroatoms. The third kappa shape index (κ3) is 7.89. The van der Waals surface area contributed by atoms with E-state index in [1.165, 1.54) is 6.07 Å². The number of benzene rings is 3. The number of carboxylic acid groups (broad SMARTS) is 2. The molecule has 0 radical (unpaired) electrons. The summed E-state index contributed by atoms with van der Waals surface area (Å²) in [6.07, 6.45) is -5.08. The van der Waals surface area contributed by atoms with E-state index in [1.807, 2.05) is 37.3 Å². The molecular weight excluding hydrogens is 551 g/mol. The highest BCUT2D eigenvalue weighted by molar-refractivity contribution is 6.30. The minimum absolute atomic E-state index is 0.171. The van der Waals surface area contributed by atoms with Gasteiger partial charge in [0.2, 0.25) is 0 Å². The molecule has 0 atom stereocenters. The first-order valence-electron chi connectivity index (χ1n) is 12.1. The van der Waals surface area contributed by atoms with E-state index in [9.17, 15) is 27.9 Å². The van der Waals surface area contributed by atoms with Crippen molar-refractivity contribution in [3.05, 3.63) is 87.9 Å². The van der Waals surface area contributed by atoms with Gasteiger partial charge in [0, 0.05) is 48.1 Å². The zero-order valence-electron chi connectivity index (χ0n) is 21.6. The minimum atomic E-state index is -5.08. The lowest BCUT2D eigenvalue weighted by Gasteiger charge is -2.38. The third-order valence-corrected chi connectivity index (χ3v) is 6.37. The molecule has 0 unspecified atom stereocenters. The summed E-state index contributed by atoms with van der Waals surface area (Å²) in [6.45, 7) is 6.85. The number of aliphatic carboxylic acids is 1. The zero-order valence-corrected chi connectivity index (χ0v) is 22.4. The number of hydrogen-bond acceptors (Lipinski definition) is 5. The predicted octanol–water partition coefficient (Wildman–Crippen LogP) is 5.87. The van der Waals surface area contributed by atoms with E-state index >= 15 is 0 Å². The van der Waals surface area contributed by atoms with Crippen LogP contribution in [0, 0.1) is 13.8 Å². The zero-order chi connectivity index (χ0) is 29.6. The van der Waals surface area contributed by atoms with Crippen LogP contribution in [0.15, 0.2) is 60.7 Å². The Morgan fingerprint density at radius 2 is 1.45 bits per heavy atom. The normalized spacial score (nSPS) is 13.2. The molecule has 1 aliphatic heterocycles. The number of halogens is 4. The maximum absolute atomic E-state index is 12.6. The summed E-state index contributed by atoms with van der Waals surface area (Å²) in [5.41, 5.74) is 5.06. The molecule has 0 saturated carbocycles. The molecule has 0 aromatic heterocycles. The number of nitrogens with one attached hydrogen (secondary N) is 1. The fraction of sp³-hybridized carbons (Fsp3) is 0.250. The molecule has 0 aliphatic carbocycles. The average molecular weight is 578 g/mol. The molecule has 1 saturated heterocycles. The van der Waals surface area contributed by atoms with Crippen molar-refractivity contribution in [3.63, 3.8) is 0 Å². The van der Waals surface area contributed by atoms with Crippen molar-refractivity contribution in [3.8, 4) is 0 Å². The number of piperazine rings is 1. The van der Waals surface area contributed by atoms with Crippen LogP contribution < -0.4 is 15.1 Å². The van der Waals surface area contributed by atoms with Gasteiger partial charge in [-0.1, -0.05) is 35.4 Å². The molecule has 3 N–H and O–H groups in total. The van der Waals surface area contributed by atoms with Gasteiger partial charge in [0.25, 0.3) is 5.91 Å². The Morgan fingerprint density at radius 3 is 2.00 bits per heavy atom. The van der Waals surface area contributed by atoms with Gasteiger partial charge in [-0.15, -0.1) is 0 Å². The number of aryl methyl sites for hydroxylation is 2. The van der Waals surface area contributed by atoms with Crippen LogP contribution in [0.5, 0.6) is 0 Å². The van der Waals surface area contributed by atoms with Crippen LogP contribution in [0.2, 0.25) is 5.02 Å². The maximum Gasteiger partial charge on any atom is 0.490 e. The number of alkyl halides is 3. The van der Waals surface area contributed by atoms with Crippen molar-refractivity contribution in [2.24, 2.45) is 0 Å². The third-order valence-electron chi connectivity index (χ3n) is 6.14. The van der Waals surface area contributed by atoms with Crippen LogP contribution in [-0.4, -0.2) is 60.4 Å². The average Bonchev–Trinajstić information content (AvgIpc) is 2.90. The van der Waals surface area contributed by atoms with Crippen LogP contribution >= 0.6 is 11.6 Å². The lowest BCUT2D eigenvalue weighted by atomic mass is 10.1. The van der Waals surface area contributed by atoms with Crippen molar-refractivity contribution >= 4 is 46.5 Å². The number of carbonyl (C=O) groups is 3. The van der Waals surface area contributed by atoms with Crippen molar-refractivity contribution in [2.45, 2.75) is 20.0 Å². The largest absolute Gasteiger partial charge is 0.490 e. The number of nitrogens with zero attached hydrogens (tertiary/aromatic N) is 2. The lowest BCUT2D eigenvalue weighted by Crippen LogP contribution is -2.47. The summed E-state index contributed by atoms with van der Waals surface area (Å²) >= 11 is 6.18. The molecule has 0 bridgehead atoms. The fourth-order valence-electron chi connectivity index (χ4n) is 4.16.